The highest BCUT2D eigenvalue weighted by molar-refractivity contribution is 8.17. The van der Waals surface area contributed by atoms with Crippen LogP contribution in [0.3, 0.4) is 0 Å². The second kappa shape index (κ2) is 5.17. The summed E-state index contributed by atoms with van der Waals surface area (Å²) in [6.45, 7) is -0.744. The first kappa shape index (κ1) is 11.5. The van der Waals surface area contributed by atoms with E-state index in [4.69, 9.17) is 20.0 Å². The van der Waals surface area contributed by atoms with Crippen molar-refractivity contribution in [3.05, 3.63) is 0 Å². The molecule has 0 aromatic heterocycles. The summed E-state index contributed by atoms with van der Waals surface area (Å²) in [5.41, 5.74) is 0. The van der Waals surface area contributed by atoms with Gasteiger partial charge in [0.25, 0.3) is 0 Å². The van der Waals surface area contributed by atoms with Gasteiger partial charge in [0.05, 0.1) is 13.2 Å². The maximum Gasteiger partial charge on any atom is 0.368 e. The molecule has 0 aliphatic heterocycles. The molecule has 0 radical (unpaired) electrons. The summed E-state index contributed by atoms with van der Waals surface area (Å²) in [4.78, 5) is 16.5. The zero-order chi connectivity index (χ0) is 8.91. The molecule has 0 spiro atoms. The van der Waals surface area contributed by atoms with Gasteiger partial charge in [-0.25, -0.2) is 0 Å². The fraction of sp³-hybridized carbons (Fsp3) is 1.00. The number of rotatable bonds is 5. The van der Waals surface area contributed by atoms with E-state index in [0.717, 1.165) is 0 Å². The molecule has 2 atom stereocenters. The predicted octanol–water partition coefficient (Wildman–Crippen LogP) is -0.958. The first-order chi connectivity index (χ1) is 4.95. The fourth-order valence-electron chi connectivity index (χ4n) is 0.270. The number of aliphatic hydroxyl groups excluding tert-OH is 2. The molecule has 0 amide bonds. The van der Waals surface area contributed by atoms with Gasteiger partial charge in [0.15, 0.2) is 0 Å². The number of hydrogen-bond acceptors (Lipinski definition) is 4. The molecule has 0 aromatic rings. The molecular formula is C3H10O6P2. The average molecular weight is 204 g/mol. The molecule has 0 aliphatic carbocycles. The standard InChI is InChI=1S/C3H10O6P2/c4-1-3(5)2-9-10-11(6,7)8/h3-5,10H,1-2H2,(H2,6,7,8). The van der Waals surface area contributed by atoms with E-state index >= 15 is 0 Å². The van der Waals surface area contributed by atoms with Crippen LogP contribution in [0.25, 0.3) is 0 Å². The maximum atomic E-state index is 10.1. The van der Waals surface area contributed by atoms with E-state index in [0.29, 0.717) is 0 Å². The quantitative estimate of drug-likeness (QED) is 0.430. The van der Waals surface area contributed by atoms with Crippen LogP contribution >= 0.6 is 15.8 Å². The molecule has 4 N–H and O–H groups in total. The van der Waals surface area contributed by atoms with Crippen molar-refractivity contribution in [1.82, 2.24) is 0 Å². The summed E-state index contributed by atoms with van der Waals surface area (Å²) in [5, 5.41) is 16.9. The molecule has 8 heteroatoms. The van der Waals surface area contributed by atoms with Gasteiger partial charge >= 0.3 is 7.28 Å². The van der Waals surface area contributed by atoms with Gasteiger partial charge in [0, 0.05) is 0 Å². The zero-order valence-corrected chi connectivity index (χ0v) is 7.44. The normalized spacial score (nSPS) is 16.0. The third kappa shape index (κ3) is 8.37. The zero-order valence-electron chi connectivity index (χ0n) is 5.54. The second-order valence-corrected chi connectivity index (χ2v) is 5.64. The highest BCUT2D eigenvalue weighted by Gasteiger charge is 2.14. The first-order valence-electron chi connectivity index (χ1n) is 2.69. The Morgan fingerprint density at radius 2 is 2.09 bits per heavy atom. The van der Waals surface area contributed by atoms with Crippen LogP contribution in [0.1, 0.15) is 0 Å². The van der Waals surface area contributed by atoms with Crippen LogP contribution in [-0.2, 0) is 9.09 Å². The summed E-state index contributed by atoms with van der Waals surface area (Å²) in [6, 6.07) is 0. The van der Waals surface area contributed by atoms with Gasteiger partial charge in [-0.2, -0.15) is 0 Å². The van der Waals surface area contributed by atoms with Crippen LogP contribution in [-0.4, -0.2) is 39.3 Å². The molecule has 6 nitrogen and oxygen atoms in total. The lowest BCUT2D eigenvalue weighted by Gasteiger charge is -2.07. The van der Waals surface area contributed by atoms with E-state index in [1.165, 1.54) is 0 Å². The van der Waals surface area contributed by atoms with Crippen LogP contribution in [0, 0.1) is 0 Å². The monoisotopic (exact) mass is 204 g/mol. The third-order valence-electron chi connectivity index (χ3n) is 0.670. The van der Waals surface area contributed by atoms with Gasteiger partial charge in [-0.1, -0.05) is 0 Å². The Morgan fingerprint density at radius 3 is 2.45 bits per heavy atom. The summed E-state index contributed by atoms with van der Waals surface area (Å²) < 4.78 is 14.5. The van der Waals surface area contributed by atoms with Crippen molar-refractivity contribution in [3.63, 3.8) is 0 Å². The lowest BCUT2D eigenvalue weighted by Crippen LogP contribution is -2.17. The summed E-state index contributed by atoms with van der Waals surface area (Å²) in [6.07, 6.45) is -1.07. The van der Waals surface area contributed by atoms with Crippen molar-refractivity contribution in [2.24, 2.45) is 0 Å². The Kier molecular flexibility index (Phi) is 5.38. The summed E-state index contributed by atoms with van der Waals surface area (Å²) in [5.74, 6) is 0. The lowest BCUT2D eigenvalue weighted by atomic mass is 10.4. The van der Waals surface area contributed by atoms with Gasteiger partial charge in [0.1, 0.15) is 14.6 Å². The van der Waals surface area contributed by atoms with Gasteiger partial charge < -0.3 is 24.5 Å². The molecule has 0 saturated carbocycles. The van der Waals surface area contributed by atoms with Gasteiger partial charge in [-0.05, 0) is 0 Å². The molecule has 0 heterocycles. The van der Waals surface area contributed by atoms with E-state index in [9.17, 15) is 4.57 Å². The molecule has 0 aliphatic rings. The van der Waals surface area contributed by atoms with E-state index in [1.54, 1.807) is 0 Å². The maximum absolute atomic E-state index is 10.1. The van der Waals surface area contributed by atoms with Crippen LogP contribution in [0.4, 0.5) is 0 Å². The molecule has 0 rings (SSSR count). The van der Waals surface area contributed by atoms with Crippen LogP contribution in [0.2, 0.25) is 0 Å². The molecule has 0 saturated heterocycles. The third-order valence-corrected chi connectivity index (χ3v) is 2.30. The summed E-state index contributed by atoms with van der Waals surface area (Å²) in [7, 11) is -5.09. The summed E-state index contributed by atoms with van der Waals surface area (Å²) >= 11 is 0. The van der Waals surface area contributed by atoms with Gasteiger partial charge in [0.2, 0.25) is 0 Å². The molecule has 0 fully saturated rings. The average Bonchev–Trinajstić information content (AvgIpc) is 1.85. The number of aliphatic hydroxyl groups is 2. The van der Waals surface area contributed by atoms with Crippen molar-refractivity contribution >= 4 is 15.8 Å². The molecule has 68 valence electrons. The highest BCUT2D eigenvalue weighted by Crippen LogP contribution is 2.56. The minimum atomic E-state index is -4.12. The van der Waals surface area contributed by atoms with Crippen molar-refractivity contribution in [3.8, 4) is 0 Å². The Morgan fingerprint density at radius 1 is 1.55 bits per heavy atom. The largest absolute Gasteiger partial charge is 0.394 e. The van der Waals surface area contributed by atoms with Gasteiger partial charge in [-0.3, -0.25) is 4.57 Å². The van der Waals surface area contributed by atoms with Crippen molar-refractivity contribution in [2.45, 2.75) is 6.10 Å². The first-order valence-corrected chi connectivity index (χ1v) is 6.05. The van der Waals surface area contributed by atoms with E-state index < -0.39 is 28.5 Å². The minimum Gasteiger partial charge on any atom is -0.394 e. The van der Waals surface area contributed by atoms with E-state index in [-0.39, 0.29) is 6.61 Å². The van der Waals surface area contributed by atoms with Crippen molar-refractivity contribution in [2.75, 3.05) is 13.2 Å². The predicted molar refractivity (Wildman–Crippen MR) is 39.4 cm³/mol. The highest BCUT2D eigenvalue weighted by atomic mass is 32.1. The van der Waals surface area contributed by atoms with Crippen LogP contribution in [0.5, 0.6) is 0 Å². The van der Waals surface area contributed by atoms with Crippen LogP contribution in [0.15, 0.2) is 0 Å². The Hall–Kier alpha value is 0.460. The molecule has 0 aromatic carbocycles. The smallest absolute Gasteiger partial charge is 0.368 e. The number of hydrogen-bond donors (Lipinski definition) is 4. The van der Waals surface area contributed by atoms with Crippen LogP contribution < -0.4 is 0 Å². The Labute approximate surface area is 65.1 Å². The SMILES string of the molecule is O=P(O)(O)POCC(O)CO. The van der Waals surface area contributed by atoms with Crippen molar-refractivity contribution < 1.29 is 29.1 Å². The molecule has 0 bridgehead atoms. The fourth-order valence-corrected chi connectivity index (χ4v) is 1.43. The van der Waals surface area contributed by atoms with E-state index in [2.05, 4.69) is 4.52 Å². The van der Waals surface area contributed by atoms with Crippen molar-refractivity contribution in [1.29, 1.82) is 0 Å². The lowest BCUT2D eigenvalue weighted by molar-refractivity contribution is 0.0591. The molecule has 11 heavy (non-hydrogen) atoms. The molecule has 2 unspecified atom stereocenters. The Bertz CT molecular complexity index is 143. The minimum absolute atomic E-state index is 0.264. The molecular weight excluding hydrogens is 194 g/mol. The van der Waals surface area contributed by atoms with Gasteiger partial charge in [-0.15, -0.1) is 0 Å². The Balaban J connectivity index is 3.35. The topological polar surface area (TPSA) is 107 Å². The van der Waals surface area contributed by atoms with E-state index in [1.807, 2.05) is 0 Å². The second-order valence-electron chi connectivity index (χ2n) is 1.78.